The molecule has 0 saturated carbocycles. The summed E-state index contributed by atoms with van der Waals surface area (Å²) in [5, 5.41) is 2.69. The summed E-state index contributed by atoms with van der Waals surface area (Å²) in [7, 11) is 0. The van der Waals surface area contributed by atoms with E-state index in [1.165, 1.54) is 12.1 Å². The predicted molar refractivity (Wildman–Crippen MR) is 92.4 cm³/mol. The van der Waals surface area contributed by atoms with Crippen LogP contribution in [0.15, 0.2) is 30.5 Å². The van der Waals surface area contributed by atoms with Crippen LogP contribution in [0, 0.1) is 5.92 Å². The molecule has 4 nitrogen and oxygen atoms in total. The Morgan fingerprint density at radius 3 is 2.60 bits per heavy atom. The Bertz CT molecular complexity index is 743. The quantitative estimate of drug-likeness (QED) is 0.813. The largest absolute Gasteiger partial charge is 0.418 e. The van der Waals surface area contributed by atoms with Gasteiger partial charge in [0.05, 0.1) is 11.3 Å². The van der Waals surface area contributed by atoms with Gasteiger partial charge in [-0.15, -0.1) is 0 Å². The van der Waals surface area contributed by atoms with Crippen molar-refractivity contribution in [3.63, 3.8) is 0 Å². The van der Waals surface area contributed by atoms with Crippen molar-refractivity contribution >= 4 is 29.1 Å². The lowest BCUT2D eigenvalue weighted by atomic mass is 9.99. The summed E-state index contributed by atoms with van der Waals surface area (Å²) in [5.74, 6) is 1.52. The molecule has 3 rings (SSSR count). The van der Waals surface area contributed by atoms with E-state index in [-0.39, 0.29) is 16.7 Å². The average Bonchev–Trinajstić information content (AvgIpc) is 2.56. The molecule has 1 fully saturated rings. The number of aromatic nitrogens is 2. The molecule has 1 aromatic carbocycles. The van der Waals surface area contributed by atoms with Crippen molar-refractivity contribution in [3.8, 4) is 0 Å². The van der Waals surface area contributed by atoms with E-state index in [4.69, 9.17) is 11.6 Å². The van der Waals surface area contributed by atoms with Gasteiger partial charge in [-0.2, -0.15) is 18.2 Å². The van der Waals surface area contributed by atoms with Gasteiger partial charge < -0.3 is 10.2 Å². The van der Waals surface area contributed by atoms with Crippen molar-refractivity contribution < 1.29 is 13.2 Å². The molecule has 25 heavy (non-hydrogen) atoms. The van der Waals surface area contributed by atoms with E-state index in [1.54, 1.807) is 12.3 Å². The number of rotatable bonds is 3. The standard InChI is InChI=1S/C17H18ClF3N4/c1-11-5-8-25(9-6-11)15-4-7-22-16(24-15)23-14-3-2-12(18)10-13(14)17(19,20)21/h2-4,7,10-11H,5-6,8-9H2,1H3,(H,22,23,24). The second kappa shape index (κ2) is 7.07. The summed E-state index contributed by atoms with van der Waals surface area (Å²) >= 11 is 5.70. The first-order valence-electron chi connectivity index (χ1n) is 8.04. The van der Waals surface area contributed by atoms with Crippen molar-refractivity contribution in [2.75, 3.05) is 23.3 Å². The van der Waals surface area contributed by atoms with Crippen LogP contribution >= 0.6 is 11.6 Å². The smallest absolute Gasteiger partial charge is 0.356 e. The summed E-state index contributed by atoms with van der Waals surface area (Å²) in [6.07, 6.45) is -0.829. The van der Waals surface area contributed by atoms with Gasteiger partial charge in [0.2, 0.25) is 5.95 Å². The van der Waals surface area contributed by atoms with E-state index in [9.17, 15) is 13.2 Å². The van der Waals surface area contributed by atoms with Crippen molar-refractivity contribution in [1.82, 2.24) is 9.97 Å². The highest BCUT2D eigenvalue weighted by Gasteiger charge is 2.34. The minimum absolute atomic E-state index is 0.0231. The number of piperidine rings is 1. The number of anilines is 3. The van der Waals surface area contributed by atoms with Crippen LogP contribution in [0.2, 0.25) is 5.02 Å². The average molecular weight is 371 g/mol. The van der Waals surface area contributed by atoms with Gasteiger partial charge in [0.15, 0.2) is 0 Å². The van der Waals surface area contributed by atoms with Gasteiger partial charge in [-0.3, -0.25) is 0 Å². The van der Waals surface area contributed by atoms with Crippen molar-refractivity contribution in [1.29, 1.82) is 0 Å². The normalized spacial score (nSPS) is 16.1. The number of alkyl halides is 3. The second-order valence-corrected chi connectivity index (χ2v) is 6.66. The minimum Gasteiger partial charge on any atom is -0.356 e. The zero-order valence-corrected chi connectivity index (χ0v) is 14.4. The number of nitrogens with one attached hydrogen (secondary N) is 1. The van der Waals surface area contributed by atoms with Gasteiger partial charge >= 0.3 is 6.18 Å². The first-order valence-corrected chi connectivity index (χ1v) is 8.42. The Hall–Kier alpha value is -2.02. The molecule has 0 bridgehead atoms. The molecule has 1 aromatic heterocycles. The molecule has 1 saturated heterocycles. The first-order chi connectivity index (χ1) is 11.8. The Morgan fingerprint density at radius 2 is 1.92 bits per heavy atom. The molecule has 1 aliphatic heterocycles. The van der Waals surface area contributed by atoms with Crippen LogP contribution in [0.5, 0.6) is 0 Å². The van der Waals surface area contributed by atoms with Crippen molar-refractivity contribution in [2.45, 2.75) is 25.9 Å². The minimum atomic E-state index is -4.52. The lowest BCUT2D eigenvalue weighted by Crippen LogP contribution is -2.33. The van der Waals surface area contributed by atoms with E-state index >= 15 is 0 Å². The van der Waals surface area contributed by atoms with E-state index < -0.39 is 11.7 Å². The number of benzene rings is 1. The van der Waals surface area contributed by atoms with Crippen molar-refractivity contribution in [2.24, 2.45) is 5.92 Å². The van der Waals surface area contributed by atoms with Crippen molar-refractivity contribution in [3.05, 3.63) is 41.0 Å². The maximum Gasteiger partial charge on any atom is 0.418 e. The molecule has 0 aliphatic carbocycles. The SMILES string of the molecule is CC1CCN(c2ccnc(Nc3ccc(Cl)cc3C(F)(F)F)n2)CC1. The van der Waals surface area contributed by atoms with Gasteiger partial charge in [0, 0.05) is 24.3 Å². The summed E-state index contributed by atoms with van der Waals surface area (Å²) < 4.78 is 39.6. The molecule has 0 atom stereocenters. The van der Waals surface area contributed by atoms with E-state index in [0.29, 0.717) is 11.7 Å². The second-order valence-electron chi connectivity index (χ2n) is 6.22. The van der Waals surface area contributed by atoms with Crippen LogP contribution in [0.4, 0.5) is 30.6 Å². The molecular weight excluding hydrogens is 353 g/mol. The van der Waals surface area contributed by atoms with Crippen LogP contribution in [0.1, 0.15) is 25.3 Å². The van der Waals surface area contributed by atoms with Gasteiger partial charge in [0.25, 0.3) is 0 Å². The highest BCUT2D eigenvalue weighted by Crippen LogP contribution is 2.37. The van der Waals surface area contributed by atoms with E-state index in [1.807, 2.05) is 0 Å². The predicted octanol–water partition coefficient (Wildman–Crippen LogP) is 5.13. The van der Waals surface area contributed by atoms with E-state index in [2.05, 4.69) is 27.1 Å². The molecule has 134 valence electrons. The number of hydrogen-bond donors (Lipinski definition) is 1. The van der Waals surface area contributed by atoms with Crippen LogP contribution in [0.25, 0.3) is 0 Å². The van der Waals surface area contributed by atoms with Gasteiger partial charge in [0.1, 0.15) is 5.82 Å². The van der Waals surface area contributed by atoms with Gasteiger partial charge in [-0.05, 0) is 43.0 Å². The number of halogens is 4. The molecule has 1 aliphatic rings. The molecule has 8 heteroatoms. The Kier molecular flexibility index (Phi) is 5.03. The maximum absolute atomic E-state index is 13.2. The lowest BCUT2D eigenvalue weighted by Gasteiger charge is -2.31. The lowest BCUT2D eigenvalue weighted by molar-refractivity contribution is -0.136. The van der Waals surface area contributed by atoms with Gasteiger partial charge in [-0.1, -0.05) is 18.5 Å². The molecule has 0 radical (unpaired) electrons. The summed E-state index contributed by atoms with van der Waals surface area (Å²) in [5.41, 5.74) is -0.970. The molecular formula is C17H18ClF3N4. The molecule has 2 heterocycles. The first kappa shape index (κ1) is 17.8. The van der Waals surface area contributed by atoms with Crippen LogP contribution < -0.4 is 10.2 Å². The fourth-order valence-corrected chi connectivity index (χ4v) is 2.98. The Balaban J connectivity index is 1.84. The van der Waals surface area contributed by atoms with Crippen LogP contribution in [-0.2, 0) is 6.18 Å². The topological polar surface area (TPSA) is 41.1 Å². The highest BCUT2D eigenvalue weighted by atomic mass is 35.5. The summed E-state index contributed by atoms with van der Waals surface area (Å²) in [4.78, 5) is 10.5. The third-order valence-corrected chi connectivity index (χ3v) is 4.52. The molecule has 2 aromatic rings. The number of nitrogens with zero attached hydrogens (tertiary/aromatic N) is 3. The monoisotopic (exact) mass is 370 g/mol. The highest BCUT2D eigenvalue weighted by molar-refractivity contribution is 6.30. The Labute approximate surface area is 149 Å². The third kappa shape index (κ3) is 4.34. The van der Waals surface area contributed by atoms with Crippen LogP contribution in [-0.4, -0.2) is 23.1 Å². The fraction of sp³-hybridized carbons (Fsp3) is 0.412. The van der Waals surface area contributed by atoms with Crippen LogP contribution in [0.3, 0.4) is 0 Å². The molecule has 0 unspecified atom stereocenters. The summed E-state index contributed by atoms with van der Waals surface area (Å²) in [6, 6.07) is 5.34. The molecule has 0 amide bonds. The Morgan fingerprint density at radius 1 is 1.20 bits per heavy atom. The fourth-order valence-electron chi connectivity index (χ4n) is 2.80. The maximum atomic E-state index is 13.2. The molecule has 0 spiro atoms. The van der Waals surface area contributed by atoms with E-state index in [0.717, 1.165) is 32.0 Å². The summed E-state index contributed by atoms with van der Waals surface area (Å²) in [6.45, 7) is 3.97. The zero-order chi connectivity index (χ0) is 18.0. The van der Waals surface area contributed by atoms with Gasteiger partial charge in [-0.25, -0.2) is 4.98 Å². The third-order valence-electron chi connectivity index (χ3n) is 4.28. The number of hydrogen-bond acceptors (Lipinski definition) is 4. The molecule has 1 N–H and O–H groups in total. The zero-order valence-electron chi connectivity index (χ0n) is 13.6.